The van der Waals surface area contributed by atoms with Crippen molar-refractivity contribution < 1.29 is 38.7 Å². The molecule has 0 saturated carbocycles. The number of anilines is 2. The zero-order valence-corrected chi connectivity index (χ0v) is 16.7. The minimum atomic E-state index is -1.48. The zero-order chi connectivity index (χ0) is 22.2. The summed E-state index contributed by atoms with van der Waals surface area (Å²) in [5.41, 5.74) is 0.940. The first-order valence-electron chi connectivity index (χ1n) is 9.54. The Labute approximate surface area is 178 Å². The Morgan fingerprint density at radius 3 is 1.84 bits per heavy atom. The van der Waals surface area contributed by atoms with E-state index in [1.807, 2.05) is 0 Å². The third-order valence-corrected chi connectivity index (χ3v) is 4.55. The molecule has 0 aliphatic carbocycles. The van der Waals surface area contributed by atoms with E-state index in [0.717, 1.165) is 0 Å². The summed E-state index contributed by atoms with van der Waals surface area (Å²) >= 11 is 0. The molecule has 31 heavy (non-hydrogen) atoms. The minimum absolute atomic E-state index is 0.468. The van der Waals surface area contributed by atoms with Crippen molar-refractivity contribution in [3.63, 3.8) is 0 Å². The Morgan fingerprint density at radius 2 is 1.39 bits per heavy atom. The van der Waals surface area contributed by atoms with Gasteiger partial charge in [0.15, 0.2) is 18.5 Å². The molecule has 3 rings (SSSR count). The number of methoxy groups -OCH3 is 1. The van der Waals surface area contributed by atoms with Gasteiger partial charge in [-0.3, -0.25) is 10.6 Å². The predicted octanol–water partition coefficient (Wildman–Crippen LogP) is 1.95. The summed E-state index contributed by atoms with van der Waals surface area (Å²) in [6, 6.07) is 17.1. The second-order valence-corrected chi connectivity index (χ2v) is 6.67. The molecule has 0 bridgehead atoms. The highest BCUT2D eigenvalue weighted by Gasteiger charge is 2.50. The molecule has 2 aromatic rings. The summed E-state index contributed by atoms with van der Waals surface area (Å²) in [6.07, 6.45) is -8.24. The van der Waals surface area contributed by atoms with E-state index in [-0.39, 0.29) is 0 Å². The van der Waals surface area contributed by atoms with E-state index in [1.165, 1.54) is 7.11 Å². The summed E-state index contributed by atoms with van der Waals surface area (Å²) in [5, 5.41) is 25.3. The Kier molecular flexibility index (Phi) is 7.79. The average molecular weight is 432 g/mol. The number of hydrogen-bond acceptors (Lipinski definition) is 8. The molecule has 166 valence electrons. The SMILES string of the molecule is CO[C@H]1O[C@@H](CO)[C@@H](OC(=O)Nc2ccccc2)[C@@H](OC(=O)Nc2ccccc2)[C@H]1O. The predicted molar refractivity (Wildman–Crippen MR) is 109 cm³/mol. The third-order valence-electron chi connectivity index (χ3n) is 4.55. The van der Waals surface area contributed by atoms with Gasteiger partial charge in [0.2, 0.25) is 0 Å². The van der Waals surface area contributed by atoms with Crippen molar-refractivity contribution >= 4 is 23.6 Å². The van der Waals surface area contributed by atoms with Crippen molar-refractivity contribution in [1.29, 1.82) is 0 Å². The number of aliphatic hydroxyl groups is 2. The van der Waals surface area contributed by atoms with E-state index >= 15 is 0 Å². The molecule has 1 fully saturated rings. The van der Waals surface area contributed by atoms with E-state index < -0.39 is 49.5 Å². The molecule has 10 heteroatoms. The number of hydrogen-bond donors (Lipinski definition) is 4. The third kappa shape index (κ3) is 5.92. The van der Waals surface area contributed by atoms with Crippen LogP contribution in [0.2, 0.25) is 0 Å². The van der Waals surface area contributed by atoms with Crippen LogP contribution in [0.5, 0.6) is 0 Å². The van der Waals surface area contributed by atoms with E-state index in [2.05, 4.69) is 10.6 Å². The highest BCUT2D eigenvalue weighted by Crippen LogP contribution is 2.27. The van der Waals surface area contributed by atoms with Gasteiger partial charge >= 0.3 is 12.2 Å². The number of benzene rings is 2. The Bertz CT molecular complexity index is 851. The molecule has 1 heterocycles. The van der Waals surface area contributed by atoms with Crippen LogP contribution in [0, 0.1) is 0 Å². The first-order valence-corrected chi connectivity index (χ1v) is 9.54. The van der Waals surface area contributed by atoms with Crippen LogP contribution in [0.3, 0.4) is 0 Å². The molecule has 0 unspecified atom stereocenters. The summed E-state index contributed by atoms with van der Waals surface area (Å²) in [6.45, 7) is -0.573. The van der Waals surface area contributed by atoms with Crippen molar-refractivity contribution in [3.05, 3.63) is 60.7 Å². The van der Waals surface area contributed by atoms with Crippen molar-refractivity contribution in [2.45, 2.75) is 30.7 Å². The second-order valence-electron chi connectivity index (χ2n) is 6.67. The van der Waals surface area contributed by atoms with E-state index in [1.54, 1.807) is 60.7 Å². The smallest absolute Gasteiger partial charge is 0.412 e. The summed E-state index contributed by atoms with van der Waals surface area (Å²) in [5.74, 6) is 0. The van der Waals surface area contributed by atoms with Gasteiger partial charge in [-0.05, 0) is 24.3 Å². The van der Waals surface area contributed by atoms with Crippen LogP contribution in [0.1, 0.15) is 0 Å². The van der Waals surface area contributed by atoms with Gasteiger partial charge in [-0.1, -0.05) is 36.4 Å². The lowest BCUT2D eigenvalue weighted by atomic mass is 9.98. The standard InChI is InChI=1S/C21H24N2O8/c1-28-19-16(25)18(31-21(27)23-14-10-6-3-7-11-14)17(15(12-24)29-19)30-20(26)22-13-8-4-2-5-9-13/h2-11,15-19,24-25H,12H2,1H3,(H,22,26)(H,23,27)/t15-,16+,17+,18-,19-/m0/s1. The van der Waals surface area contributed by atoms with E-state index in [0.29, 0.717) is 11.4 Å². The van der Waals surface area contributed by atoms with Crippen LogP contribution in [-0.2, 0) is 18.9 Å². The van der Waals surface area contributed by atoms with E-state index in [9.17, 15) is 19.8 Å². The van der Waals surface area contributed by atoms with Crippen LogP contribution in [0.4, 0.5) is 21.0 Å². The molecule has 2 amide bonds. The van der Waals surface area contributed by atoms with E-state index in [4.69, 9.17) is 18.9 Å². The highest BCUT2D eigenvalue weighted by molar-refractivity contribution is 5.85. The van der Waals surface area contributed by atoms with Crippen molar-refractivity contribution in [2.24, 2.45) is 0 Å². The number of rotatable bonds is 6. The first-order chi connectivity index (χ1) is 15.0. The second kappa shape index (κ2) is 10.7. The van der Waals surface area contributed by atoms with Gasteiger partial charge in [-0.25, -0.2) is 9.59 Å². The number of aliphatic hydroxyl groups excluding tert-OH is 2. The monoisotopic (exact) mass is 432 g/mol. The Hall–Kier alpha value is -3.18. The molecule has 10 nitrogen and oxygen atoms in total. The fourth-order valence-electron chi connectivity index (χ4n) is 3.10. The molecule has 1 aliphatic heterocycles. The van der Waals surface area contributed by atoms with Crippen molar-refractivity contribution in [2.75, 3.05) is 24.4 Å². The quantitative estimate of drug-likeness (QED) is 0.544. The fraction of sp³-hybridized carbons (Fsp3) is 0.333. The van der Waals surface area contributed by atoms with Crippen LogP contribution in [-0.4, -0.2) is 66.8 Å². The van der Waals surface area contributed by atoms with Gasteiger partial charge in [0.25, 0.3) is 0 Å². The molecular formula is C21H24N2O8. The zero-order valence-electron chi connectivity index (χ0n) is 16.7. The summed E-state index contributed by atoms with van der Waals surface area (Å²) in [4.78, 5) is 24.8. The maximum absolute atomic E-state index is 12.4. The molecule has 4 N–H and O–H groups in total. The van der Waals surface area contributed by atoms with Gasteiger partial charge in [0.05, 0.1) is 6.61 Å². The van der Waals surface area contributed by atoms with Gasteiger partial charge in [0.1, 0.15) is 12.2 Å². The molecule has 0 aromatic heterocycles. The number of carbonyl (C=O) groups is 2. The lowest BCUT2D eigenvalue weighted by Gasteiger charge is -2.42. The van der Waals surface area contributed by atoms with Gasteiger partial charge in [-0.2, -0.15) is 0 Å². The average Bonchev–Trinajstić information content (AvgIpc) is 2.77. The molecular weight excluding hydrogens is 408 g/mol. The number of para-hydroxylation sites is 2. The largest absolute Gasteiger partial charge is 0.439 e. The lowest BCUT2D eigenvalue weighted by Crippen LogP contribution is -2.62. The van der Waals surface area contributed by atoms with Gasteiger partial charge < -0.3 is 29.2 Å². The van der Waals surface area contributed by atoms with Crippen molar-refractivity contribution in [1.82, 2.24) is 0 Å². The molecule has 0 spiro atoms. The van der Waals surface area contributed by atoms with Crippen LogP contribution >= 0.6 is 0 Å². The van der Waals surface area contributed by atoms with Gasteiger partial charge in [-0.15, -0.1) is 0 Å². The van der Waals surface area contributed by atoms with Gasteiger partial charge in [0, 0.05) is 18.5 Å². The summed E-state index contributed by atoms with van der Waals surface area (Å²) < 4.78 is 21.2. The van der Waals surface area contributed by atoms with Crippen LogP contribution in [0.15, 0.2) is 60.7 Å². The van der Waals surface area contributed by atoms with Crippen molar-refractivity contribution in [3.8, 4) is 0 Å². The molecule has 5 atom stereocenters. The maximum atomic E-state index is 12.4. The topological polar surface area (TPSA) is 136 Å². The lowest BCUT2D eigenvalue weighted by molar-refractivity contribution is -0.291. The highest BCUT2D eigenvalue weighted by atomic mass is 16.7. The van der Waals surface area contributed by atoms with Crippen LogP contribution < -0.4 is 10.6 Å². The maximum Gasteiger partial charge on any atom is 0.412 e. The summed E-state index contributed by atoms with van der Waals surface area (Å²) in [7, 11) is 1.28. The molecule has 1 saturated heterocycles. The van der Waals surface area contributed by atoms with Crippen LogP contribution in [0.25, 0.3) is 0 Å². The first kappa shape index (κ1) is 22.5. The number of ether oxygens (including phenoxy) is 4. The normalized spacial score (nSPS) is 25.3. The molecule has 0 radical (unpaired) electrons. The number of amides is 2. The molecule has 2 aromatic carbocycles. The Morgan fingerprint density at radius 1 is 0.903 bits per heavy atom. The fourth-order valence-corrected chi connectivity index (χ4v) is 3.10. The minimum Gasteiger partial charge on any atom is -0.439 e. The number of nitrogens with one attached hydrogen (secondary N) is 2. The Balaban J connectivity index is 1.74. The number of carbonyl (C=O) groups excluding carboxylic acids is 2. The molecule has 1 aliphatic rings.